The molecule has 2 aromatic carbocycles. The normalized spacial score (nSPS) is 14.8. The number of fused-ring (bicyclic) bond motifs is 1. The van der Waals surface area contributed by atoms with Gasteiger partial charge in [-0.2, -0.15) is 0 Å². The van der Waals surface area contributed by atoms with Crippen molar-refractivity contribution in [1.82, 2.24) is 24.3 Å². The van der Waals surface area contributed by atoms with E-state index in [-0.39, 0.29) is 5.82 Å². The second kappa shape index (κ2) is 9.51. The monoisotopic (exact) mass is 478 g/mol. The number of likely N-dealkylation sites (tertiary alicyclic amines) is 1. The van der Waals surface area contributed by atoms with Gasteiger partial charge in [0.05, 0.1) is 17.1 Å². The summed E-state index contributed by atoms with van der Waals surface area (Å²) < 4.78 is 15.6. The van der Waals surface area contributed by atoms with Gasteiger partial charge in [0.2, 0.25) is 5.95 Å². The number of anilines is 2. The highest BCUT2D eigenvalue weighted by molar-refractivity contribution is 5.80. The number of hydrogen-bond acceptors (Lipinski definition) is 5. The van der Waals surface area contributed by atoms with Crippen molar-refractivity contribution in [2.45, 2.75) is 18.8 Å². The Morgan fingerprint density at radius 2 is 1.67 bits per heavy atom. The molecule has 1 fully saturated rings. The van der Waals surface area contributed by atoms with E-state index >= 15 is 0 Å². The third-order valence-corrected chi connectivity index (χ3v) is 6.90. The van der Waals surface area contributed by atoms with Crippen molar-refractivity contribution in [2.75, 3.05) is 25.5 Å². The van der Waals surface area contributed by atoms with Crippen molar-refractivity contribution in [1.29, 1.82) is 0 Å². The van der Waals surface area contributed by atoms with Crippen LogP contribution in [0.4, 0.5) is 16.0 Å². The first-order chi connectivity index (χ1) is 17.6. The number of benzene rings is 2. The van der Waals surface area contributed by atoms with Crippen LogP contribution in [-0.2, 0) is 0 Å². The topological polar surface area (TPSA) is 58.3 Å². The van der Waals surface area contributed by atoms with Crippen molar-refractivity contribution in [3.8, 4) is 22.6 Å². The molecular weight excluding hydrogens is 451 g/mol. The van der Waals surface area contributed by atoms with Gasteiger partial charge in [-0.3, -0.25) is 4.40 Å². The molecule has 6 rings (SSSR count). The van der Waals surface area contributed by atoms with Gasteiger partial charge in [-0.05, 0) is 99.1 Å². The fourth-order valence-electron chi connectivity index (χ4n) is 4.91. The highest BCUT2D eigenvalue weighted by Gasteiger charge is 2.19. The SMILES string of the molecule is CN1CCC(c2ccc(Nc3nccc(-c4c(-c5ccc(F)cc5)nc5ccccn45)n3)cc2)CC1. The summed E-state index contributed by atoms with van der Waals surface area (Å²) in [6.07, 6.45) is 6.10. The molecule has 0 bridgehead atoms. The summed E-state index contributed by atoms with van der Waals surface area (Å²) in [5, 5.41) is 3.35. The number of piperidine rings is 1. The van der Waals surface area contributed by atoms with Gasteiger partial charge in [-0.25, -0.2) is 19.3 Å². The quantitative estimate of drug-likeness (QED) is 0.328. The molecule has 1 aliphatic heterocycles. The first-order valence-corrected chi connectivity index (χ1v) is 12.3. The van der Waals surface area contributed by atoms with Crippen LogP contribution >= 0.6 is 0 Å². The first kappa shape index (κ1) is 22.4. The molecule has 6 nitrogen and oxygen atoms in total. The number of aromatic nitrogens is 4. The van der Waals surface area contributed by atoms with Gasteiger partial charge in [-0.1, -0.05) is 18.2 Å². The van der Waals surface area contributed by atoms with E-state index in [1.165, 1.54) is 30.5 Å². The molecule has 0 unspecified atom stereocenters. The number of nitrogens with zero attached hydrogens (tertiary/aromatic N) is 5. The molecule has 0 saturated carbocycles. The maximum absolute atomic E-state index is 13.6. The minimum atomic E-state index is -0.278. The number of nitrogens with one attached hydrogen (secondary N) is 1. The van der Waals surface area contributed by atoms with Gasteiger partial charge >= 0.3 is 0 Å². The van der Waals surface area contributed by atoms with Crippen molar-refractivity contribution < 1.29 is 4.39 Å². The van der Waals surface area contributed by atoms with Gasteiger partial charge in [0, 0.05) is 23.6 Å². The summed E-state index contributed by atoms with van der Waals surface area (Å²) in [7, 11) is 2.19. The third-order valence-electron chi connectivity index (χ3n) is 6.90. The molecule has 1 aliphatic rings. The van der Waals surface area contributed by atoms with E-state index in [1.54, 1.807) is 18.3 Å². The number of pyridine rings is 1. The van der Waals surface area contributed by atoms with E-state index in [2.05, 4.69) is 46.5 Å². The second-order valence-corrected chi connectivity index (χ2v) is 9.33. The van der Waals surface area contributed by atoms with Gasteiger partial charge in [0.1, 0.15) is 11.5 Å². The van der Waals surface area contributed by atoms with Crippen LogP contribution in [0.25, 0.3) is 28.3 Å². The highest BCUT2D eigenvalue weighted by atomic mass is 19.1. The Labute approximate surface area is 209 Å². The Morgan fingerprint density at radius 3 is 2.44 bits per heavy atom. The smallest absolute Gasteiger partial charge is 0.227 e. The summed E-state index contributed by atoms with van der Waals surface area (Å²) >= 11 is 0. The Bertz CT molecular complexity index is 1490. The molecule has 0 radical (unpaired) electrons. The van der Waals surface area contributed by atoms with Crippen LogP contribution in [0.1, 0.15) is 24.3 Å². The molecule has 180 valence electrons. The molecule has 0 amide bonds. The average molecular weight is 479 g/mol. The molecule has 7 heteroatoms. The second-order valence-electron chi connectivity index (χ2n) is 9.33. The summed E-state index contributed by atoms with van der Waals surface area (Å²) in [5.41, 5.74) is 6.26. The molecule has 4 heterocycles. The van der Waals surface area contributed by atoms with E-state index in [0.717, 1.165) is 47.1 Å². The Morgan fingerprint density at radius 1 is 0.889 bits per heavy atom. The largest absolute Gasteiger partial charge is 0.324 e. The van der Waals surface area contributed by atoms with Crippen LogP contribution in [0.15, 0.2) is 85.2 Å². The zero-order valence-electron chi connectivity index (χ0n) is 20.1. The van der Waals surface area contributed by atoms with Crippen LogP contribution in [0.2, 0.25) is 0 Å². The first-order valence-electron chi connectivity index (χ1n) is 12.3. The van der Waals surface area contributed by atoms with Gasteiger partial charge in [0.25, 0.3) is 0 Å². The van der Waals surface area contributed by atoms with Crippen LogP contribution in [0.3, 0.4) is 0 Å². The third kappa shape index (κ3) is 4.45. The molecule has 3 aromatic heterocycles. The summed E-state index contributed by atoms with van der Waals surface area (Å²) in [6.45, 7) is 2.29. The summed E-state index contributed by atoms with van der Waals surface area (Å²) in [6, 6.07) is 22.7. The fourth-order valence-corrected chi connectivity index (χ4v) is 4.91. The van der Waals surface area contributed by atoms with E-state index < -0.39 is 0 Å². The average Bonchev–Trinajstić information content (AvgIpc) is 3.30. The molecule has 36 heavy (non-hydrogen) atoms. The molecule has 0 atom stereocenters. The van der Waals surface area contributed by atoms with E-state index in [4.69, 9.17) is 9.97 Å². The van der Waals surface area contributed by atoms with Crippen molar-refractivity contribution in [3.05, 3.63) is 96.6 Å². The number of hydrogen-bond donors (Lipinski definition) is 1. The van der Waals surface area contributed by atoms with E-state index in [1.807, 2.05) is 34.9 Å². The molecule has 1 N–H and O–H groups in total. The number of imidazole rings is 1. The van der Waals surface area contributed by atoms with Crippen LogP contribution < -0.4 is 5.32 Å². The van der Waals surface area contributed by atoms with Gasteiger partial charge in [-0.15, -0.1) is 0 Å². The summed E-state index contributed by atoms with van der Waals surface area (Å²) in [4.78, 5) is 16.5. The predicted molar refractivity (Wildman–Crippen MR) is 141 cm³/mol. The predicted octanol–water partition coefficient (Wildman–Crippen LogP) is 6.15. The Balaban J connectivity index is 1.31. The lowest BCUT2D eigenvalue weighted by atomic mass is 9.89. The lowest BCUT2D eigenvalue weighted by molar-refractivity contribution is 0.255. The highest BCUT2D eigenvalue weighted by Crippen LogP contribution is 2.33. The van der Waals surface area contributed by atoms with E-state index in [9.17, 15) is 4.39 Å². The van der Waals surface area contributed by atoms with Crippen molar-refractivity contribution >= 4 is 17.3 Å². The lowest BCUT2D eigenvalue weighted by Crippen LogP contribution is -2.29. The van der Waals surface area contributed by atoms with Crippen LogP contribution in [-0.4, -0.2) is 44.4 Å². The van der Waals surface area contributed by atoms with Crippen molar-refractivity contribution in [3.63, 3.8) is 0 Å². The van der Waals surface area contributed by atoms with E-state index in [0.29, 0.717) is 11.9 Å². The molecular formula is C29H27FN6. The minimum Gasteiger partial charge on any atom is -0.324 e. The minimum absolute atomic E-state index is 0.278. The zero-order chi connectivity index (χ0) is 24.5. The lowest BCUT2D eigenvalue weighted by Gasteiger charge is -2.29. The molecule has 0 spiro atoms. The molecule has 5 aromatic rings. The summed E-state index contributed by atoms with van der Waals surface area (Å²) in [5.74, 6) is 0.852. The number of halogens is 1. The Kier molecular flexibility index (Phi) is 5.91. The van der Waals surface area contributed by atoms with Gasteiger partial charge in [0.15, 0.2) is 0 Å². The van der Waals surface area contributed by atoms with Crippen LogP contribution in [0.5, 0.6) is 0 Å². The maximum atomic E-state index is 13.6. The molecule has 1 saturated heterocycles. The Hall–Kier alpha value is -4.10. The zero-order valence-corrected chi connectivity index (χ0v) is 20.1. The maximum Gasteiger partial charge on any atom is 0.227 e. The van der Waals surface area contributed by atoms with Crippen LogP contribution in [0, 0.1) is 5.82 Å². The van der Waals surface area contributed by atoms with Gasteiger partial charge < -0.3 is 10.2 Å². The fraction of sp³-hybridized carbons (Fsp3) is 0.207. The number of rotatable bonds is 5. The van der Waals surface area contributed by atoms with Crippen molar-refractivity contribution in [2.24, 2.45) is 0 Å². The standard InChI is InChI=1S/C29H27FN6/c1-35-18-14-21(15-19-35)20-7-11-24(12-8-20)32-29-31-16-13-25(33-29)28-27(22-5-9-23(30)10-6-22)34-26-4-2-3-17-36(26)28/h2-13,16-17,21H,14-15,18-19H2,1H3,(H,31,32,33). The molecule has 0 aliphatic carbocycles.